The van der Waals surface area contributed by atoms with Crippen molar-refractivity contribution in [3.8, 4) is 11.5 Å². The van der Waals surface area contributed by atoms with Crippen molar-refractivity contribution in [1.29, 1.82) is 0 Å². The Balaban J connectivity index is 1.82. The van der Waals surface area contributed by atoms with E-state index in [2.05, 4.69) is 5.32 Å². The molecule has 1 amide bonds. The number of fused-ring (bicyclic) bond motifs is 1. The molecule has 2 aromatic carbocycles. The first-order chi connectivity index (χ1) is 11.0. The second-order valence-electron chi connectivity index (χ2n) is 5.74. The van der Waals surface area contributed by atoms with Gasteiger partial charge in [0.2, 0.25) is 6.10 Å². The Bertz CT molecular complexity index is 737. The largest absolute Gasteiger partial charge is 0.482 e. The van der Waals surface area contributed by atoms with E-state index >= 15 is 0 Å². The Kier molecular flexibility index (Phi) is 4.18. The van der Waals surface area contributed by atoms with Crippen LogP contribution in [0.1, 0.15) is 18.1 Å². The number of benzene rings is 2. The summed E-state index contributed by atoms with van der Waals surface area (Å²) < 4.78 is 11.6. The first-order valence-corrected chi connectivity index (χ1v) is 7.83. The molecule has 120 valence electrons. The average Bonchev–Trinajstić information content (AvgIpc) is 2.50. The summed E-state index contributed by atoms with van der Waals surface area (Å²) in [5.74, 6) is 0.937. The molecule has 0 aliphatic carbocycles. The number of para-hydroxylation sites is 2. The number of hydrogen-bond acceptors (Lipinski definition) is 3. The van der Waals surface area contributed by atoms with Crippen LogP contribution in [-0.2, 0) is 4.79 Å². The number of anilines is 1. The van der Waals surface area contributed by atoms with Gasteiger partial charge in [-0.15, -0.1) is 0 Å². The molecule has 1 heterocycles. The normalized spacial score (nSPS) is 19.3. The van der Waals surface area contributed by atoms with E-state index in [-0.39, 0.29) is 5.91 Å². The molecular weight excluding hydrogens is 314 g/mol. The number of carbonyl (C=O) groups excluding carboxylic acids is 1. The highest BCUT2D eigenvalue weighted by Crippen LogP contribution is 2.34. The van der Waals surface area contributed by atoms with Gasteiger partial charge in [-0.3, -0.25) is 4.79 Å². The Morgan fingerprint density at radius 2 is 1.78 bits per heavy atom. The molecule has 3 rings (SSSR count). The van der Waals surface area contributed by atoms with E-state index in [1.165, 1.54) is 0 Å². The van der Waals surface area contributed by atoms with Crippen molar-refractivity contribution >= 4 is 23.2 Å². The lowest BCUT2D eigenvalue weighted by Gasteiger charge is -2.31. The van der Waals surface area contributed by atoms with Crippen LogP contribution in [0.4, 0.5) is 5.69 Å². The van der Waals surface area contributed by atoms with Gasteiger partial charge in [-0.2, -0.15) is 0 Å². The molecule has 0 spiro atoms. The van der Waals surface area contributed by atoms with Gasteiger partial charge in [-0.1, -0.05) is 29.8 Å². The summed E-state index contributed by atoms with van der Waals surface area (Å²) in [4.78, 5) is 12.6. The molecular formula is C18H18ClNO3. The summed E-state index contributed by atoms with van der Waals surface area (Å²) in [7, 11) is 0. The minimum Gasteiger partial charge on any atom is -0.482 e. The second-order valence-corrected chi connectivity index (χ2v) is 6.14. The Morgan fingerprint density at radius 1 is 1.13 bits per heavy atom. The molecule has 23 heavy (non-hydrogen) atoms. The fourth-order valence-electron chi connectivity index (χ4n) is 2.67. The van der Waals surface area contributed by atoms with E-state index in [1.54, 1.807) is 6.07 Å². The fourth-order valence-corrected chi connectivity index (χ4v) is 3.04. The summed E-state index contributed by atoms with van der Waals surface area (Å²) in [6.07, 6.45) is -1.13. The molecule has 4 nitrogen and oxygen atoms in total. The highest BCUT2D eigenvalue weighted by Gasteiger charge is 2.34. The van der Waals surface area contributed by atoms with Crippen molar-refractivity contribution in [2.45, 2.75) is 33.0 Å². The van der Waals surface area contributed by atoms with E-state index in [0.29, 0.717) is 22.2 Å². The van der Waals surface area contributed by atoms with Gasteiger partial charge in [-0.05, 0) is 50.1 Å². The van der Waals surface area contributed by atoms with Gasteiger partial charge in [-0.25, -0.2) is 0 Å². The molecule has 1 N–H and O–H groups in total. The van der Waals surface area contributed by atoms with Crippen molar-refractivity contribution < 1.29 is 14.3 Å². The minimum absolute atomic E-state index is 0.277. The predicted octanol–water partition coefficient (Wildman–Crippen LogP) is 4.12. The van der Waals surface area contributed by atoms with Crippen molar-refractivity contribution in [3.63, 3.8) is 0 Å². The van der Waals surface area contributed by atoms with Gasteiger partial charge in [0.15, 0.2) is 11.5 Å². The van der Waals surface area contributed by atoms with Gasteiger partial charge >= 0.3 is 0 Å². The summed E-state index contributed by atoms with van der Waals surface area (Å²) >= 11 is 6.25. The number of nitrogens with one attached hydrogen (secondary N) is 1. The highest BCUT2D eigenvalue weighted by atomic mass is 35.5. The predicted molar refractivity (Wildman–Crippen MR) is 90.5 cm³/mol. The Labute approximate surface area is 140 Å². The van der Waals surface area contributed by atoms with Gasteiger partial charge < -0.3 is 14.8 Å². The molecule has 1 aliphatic heterocycles. The van der Waals surface area contributed by atoms with Crippen LogP contribution in [-0.4, -0.2) is 18.1 Å². The quantitative estimate of drug-likeness (QED) is 0.900. The van der Waals surface area contributed by atoms with Crippen LogP contribution in [0.2, 0.25) is 5.02 Å². The second kappa shape index (κ2) is 6.13. The van der Waals surface area contributed by atoms with E-state index in [4.69, 9.17) is 21.1 Å². The van der Waals surface area contributed by atoms with Gasteiger partial charge in [0, 0.05) is 0 Å². The molecule has 0 saturated carbocycles. The van der Waals surface area contributed by atoms with Crippen LogP contribution in [0.15, 0.2) is 36.4 Å². The van der Waals surface area contributed by atoms with Crippen LogP contribution in [0.25, 0.3) is 0 Å². The number of carbonyl (C=O) groups is 1. The van der Waals surface area contributed by atoms with Crippen molar-refractivity contribution in [3.05, 3.63) is 52.5 Å². The number of amides is 1. The highest BCUT2D eigenvalue weighted by molar-refractivity contribution is 6.34. The van der Waals surface area contributed by atoms with Crippen molar-refractivity contribution in [1.82, 2.24) is 0 Å². The number of aryl methyl sites for hydroxylation is 2. The molecule has 0 aromatic heterocycles. The SMILES string of the molecule is Cc1cc(C)c(NC(=O)[C@@H]2Oc3ccccc3O[C@H]2C)c(Cl)c1. The number of hydrogen-bond donors (Lipinski definition) is 1. The van der Waals surface area contributed by atoms with Crippen LogP contribution < -0.4 is 14.8 Å². The van der Waals surface area contributed by atoms with Gasteiger partial charge in [0.05, 0.1) is 10.7 Å². The lowest BCUT2D eigenvalue weighted by Crippen LogP contribution is -2.46. The molecule has 0 fully saturated rings. The smallest absolute Gasteiger partial charge is 0.269 e. The minimum atomic E-state index is -0.735. The fraction of sp³-hybridized carbons (Fsp3) is 0.278. The average molecular weight is 332 g/mol. The zero-order valence-corrected chi connectivity index (χ0v) is 14.0. The standard InChI is InChI=1S/C18H18ClNO3/c1-10-8-11(2)16(13(19)9-10)20-18(21)17-12(3)22-14-6-4-5-7-15(14)23-17/h4-9,12,17H,1-3H3,(H,20,21)/t12-,17+/m0/s1. The lowest BCUT2D eigenvalue weighted by atomic mass is 10.1. The third kappa shape index (κ3) is 3.13. The molecule has 0 unspecified atom stereocenters. The van der Waals surface area contributed by atoms with Crippen molar-refractivity contribution in [2.75, 3.05) is 5.32 Å². The van der Waals surface area contributed by atoms with Crippen LogP contribution >= 0.6 is 11.6 Å². The monoisotopic (exact) mass is 331 g/mol. The molecule has 0 saturated heterocycles. The summed E-state index contributed by atoms with van der Waals surface area (Å²) in [6, 6.07) is 11.1. The molecule has 1 aliphatic rings. The van der Waals surface area contributed by atoms with E-state index in [0.717, 1.165) is 11.1 Å². The molecule has 2 atom stereocenters. The third-order valence-corrected chi connectivity index (χ3v) is 4.08. The van der Waals surface area contributed by atoms with Crippen molar-refractivity contribution in [2.24, 2.45) is 0 Å². The lowest BCUT2D eigenvalue weighted by molar-refractivity contribution is -0.128. The molecule has 0 bridgehead atoms. The maximum atomic E-state index is 12.6. The zero-order valence-electron chi connectivity index (χ0n) is 13.2. The first-order valence-electron chi connectivity index (χ1n) is 7.45. The van der Waals surface area contributed by atoms with E-state index < -0.39 is 12.2 Å². The summed E-state index contributed by atoms with van der Waals surface area (Å²) in [6.45, 7) is 5.68. The Hall–Kier alpha value is -2.20. The van der Waals surface area contributed by atoms with Gasteiger partial charge in [0.25, 0.3) is 5.91 Å². The van der Waals surface area contributed by atoms with E-state index in [1.807, 2.05) is 51.1 Å². The summed E-state index contributed by atoms with van der Waals surface area (Å²) in [5.41, 5.74) is 2.56. The topological polar surface area (TPSA) is 47.6 Å². The maximum Gasteiger partial charge on any atom is 0.269 e. The zero-order chi connectivity index (χ0) is 16.6. The maximum absolute atomic E-state index is 12.6. The number of rotatable bonds is 2. The Morgan fingerprint density at radius 3 is 2.43 bits per heavy atom. The van der Waals surface area contributed by atoms with Crippen LogP contribution in [0.3, 0.4) is 0 Å². The molecule has 5 heteroatoms. The third-order valence-electron chi connectivity index (χ3n) is 3.78. The molecule has 0 radical (unpaired) electrons. The van der Waals surface area contributed by atoms with E-state index in [9.17, 15) is 4.79 Å². The van der Waals surface area contributed by atoms with Crippen LogP contribution in [0.5, 0.6) is 11.5 Å². The first kappa shape index (κ1) is 15.7. The van der Waals surface area contributed by atoms with Crippen LogP contribution in [0, 0.1) is 13.8 Å². The number of halogens is 1. The molecule has 2 aromatic rings. The summed E-state index contributed by atoms with van der Waals surface area (Å²) in [5, 5.41) is 3.38. The van der Waals surface area contributed by atoms with Gasteiger partial charge in [0.1, 0.15) is 6.10 Å². The number of ether oxygens (including phenoxy) is 2.